The minimum atomic E-state index is -0.431. The molecule has 0 radical (unpaired) electrons. The second kappa shape index (κ2) is 5.77. The van der Waals surface area contributed by atoms with E-state index in [1.165, 1.54) is 25.3 Å². The molecule has 21 heavy (non-hydrogen) atoms. The van der Waals surface area contributed by atoms with Crippen LogP contribution in [-0.2, 0) is 0 Å². The van der Waals surface area contributed by atoms with Gasteiger partial charge < -0.3 is 4.57 Å². The number of hydrogen-bond acceptors (Lipinski definition) is 1. The molecule has 1 saturated carbocycles. The van der Waals surface area contributed by atoms with Gasteiger partial charge in [0.05, 0.1) is 21.4 Å². The van der Waals surface area contributed by atoms with Crippen molar-refractivity contribution in [2.24, 2.45) is 5.92 Å². The summed E-state index contributed by atoms with van der Waals surface area (Å²) in [6.45, 7) is 4.17. The number of imidazole rings is 1. The maximum Gasteiger partial charge on any atom is 0.144 e. The Kier molecular flexibility index (Phi) is 4.15. The van der Waals surface area contributed by atoms with Crippen molar-refractivity contribution < 1.29 is 4.39 Å². The first-order valence-corrected chi connectivity index (χ1v) is 8.31. The highest BCUT2D eigenvalue weighted by Crippen LogP contribution is 2.39. The largest absolute Gasteiger partial charge is 0.323 e. The molecular weight excluding hydrogens is 310 g/mol. The van der Waals surface area contributed by atoms with Crippen molar-refractivity contribution in [3.8, 4) is 0 Å². The van der Waals surface area contributed by atoms with Crippen molar-refractivity contribution >= 4 is 34.2 Å². The molecule has 1 aliphatic rings. The fourth-order valence-electron chi connectivity index (χ4n) is 3.42. The van der Waals surface area contributed by atoms with Gasteiger partial charge in [-0.25, -0.2) is 9.37 Å². The van der Waals surface area contributed by atoms with Gasteiger partial charge in [0.15, 0.2) is 0 Å². The Balaban J connectivity index is 2.22. The number of nitrogens with zero attached hydrogens (tertiary/aromatic N) is 2. The standard InChI is InChI=1S/C16H19Cl2FN2/c1-9-5-3-4-6-14(9)21-15-7-11(18)12(19)8-13(15)20-16(21)10(2)17/h7-10,14H,3-6H2,1-2H3. The van der Waals surface area contributed by atoms with Crippen LogP contribution in [0.2, 0.25) is 5.02 Å². The van der Waals surface area contributed by atoms with Gasteiger partial charge in [-0.1, -0.05) is 31.4 Å². The highest BCUT2D eigenvalue weighted by molar-refractivity contribution is 6.31. The van der Waals surface area contributed by atoms with Gasteiger partial charge in [-0.2, -0.15) is 0 Å². The van der Waals surface area contributed by atoms with Crippen LogP contribution in [0.15, 0.2) is 12.1 Å². The van der Waals surface area contributed by atoms with E-state index in [1.807, 2.05) is 6.92 Å². The van der Waals surface area contributed by atoms with Gasteiger partial charge in [-0.15, -0.1) is 11.6 Å². The van der Waals surface area contributed by atoms with E-state index in [0.717, 1.165) is 17.8 Å². The summed E-state index contributed by atoms with van der Waals surface area (Å²) in [5.41, 5.74) is 1.53. The van der Waals surface area contributed by atoms with Crippen LogP contribution in [0, 0.1) is 11.7 Å². The molecule has 3 unspecified atom stereocenters. The van der Waals surface area contributed by atoms with E-state index >= 15 is 0 Å². The normalized spacial score (nSPS) is 24.4. The summed E-state index contributed by atoms with van der Waals surface area (Å²) in [6.07, 6.45) is 4.79. The van der Waals surface area contributed by atoms with Gasteiger partial charge in [0, 0.05) is 12.1 Å². The fraction of sp³-hybridized carbons (Fsp3) is 0.562. The molecule has 2 nitrogen and oxygen atoms in total. The molecule has 0 amide bonds. The lowest BCUT2D eigenvalue weighted by Crippen LogP contribution is -2.23. The third-order valence-electron chi connectivity index (χ3n) is 4.51. The molecule has 0 bridgehead atoms. The molecule has 0 N–H and O–H groups in total. The Morgan fingerprint density at radius 3 is 2.71 bits per heavy atom. The zero-order chi connectivity index (χ0) is 15.1. The third kappa shape index (κ3) is 2.66. The van der Waals surface area contributed by atoms with E-state index in [-0.39, 0.29) is 10.4 Å². The number of alkyl halides is 1. The highest BCUT2D eigenvalue weighted by atomic mass is 35.5. The molecule has 0 saturated heterocycles. The van der Waals surface area contributed by atoms with Crippen molar-refractivity contribution in [1.29, 1.82) is 0 Å². The van der Waals surface area contributed by atoms with E-state index in [0.29, 0.717) is 17.5 Å². The first-order chi connectivity index (χ1) is 9.99. The predicted octanol–water partition coefficient (Wildman–Crippen LogP) is 5.88. The summed E-state index contributed by atoms with van der Waals surface area (Å²) < 4.78 is 15.9. The Labute approximate surface area is 134 Å². The van der Waals surface area contributed by atoms with Gasteiger partial charge >= 0.3 is 0 Å². The van der Waals surface area contributed by atoms with Gasteiger partial charge in [0.2, 0.25) is 0 Å². The topological polar surface area (TPSA) is 17.8 Å². The molecule has 114 valence electrons. The average Bonchev–Trinajstić information content (AvgIpc) is 2.78. The van der Waals surface area contributed by atoms with Crippen LogP contribution in [0.25, 0.3) is 11.0 Å². The lowest BCUT2D eigenvalue weighted by Gasteiger charge is -2.32. The van der Waals surface area contributed by atoms with Crippen molar-refractivity contribution in [2.75, 3.05) is 0 Å². The minimum absolute atomic E-state index is 0.140. The molecule has 3 rings (SSSR count). The summed E-state index contributed by atoms with van der Waals surface area (Å²) in [7, 11) is 0. The highest BCUT2D eigenvalue weighted by Gasteiger charge is 2.28. The fourth-order valence-corrected chi connectivity index (χ4v) is 3.73. The van der Waals surface area contributed by atoms with Crippen molar-refractivity contribution in [2.45, 2.75) is 50.9 Å². The van der Waals surface area contributed by atoms with Crippen LogP contribution in [0.3, 0.4) is 0 Å². The third-order valence-corrected chi connectivity index (χ3v) is 5.00. The van der Waals surface area contributed by atoms with Crippen molar-refractivity contribution in [1.82, 2.24) is 9.55 Å². The first kappa shape index (κ1) is 15.1. The van der Waals surface area contributed by atoms with Crippen LogP contribution in [-0.4, -0.2) is 9.55 Å². The summed E-state index contributed by atoms with van der Waals surface area (Å²) in [5, 5.41) is -0.0748. The van der Waals surface area contributed by atoms with Crippen molar-refractivity contribution in [3.63, 3.8) is 0 Å². The monoisotopic (exact) mass is 328 g/mol. The van der Waals surface area contributed by atoms with E-state index in [2.05, 4.69) is 16.5 Å². The van der Waals surface area contributed by atoms with Crippen LogP contribution in [0.1, 0.15) is 56.8 Å². The van der Waals surface area contributed by atoms with E-state index < -0.39 is 5.82 Å². The molecule has 1 aliphatic carbocycles. The van der Waals surface area contributed by atoms with E-state index in [1.54, 1.807) is 6.07 Å². The molecule has 0 spiro atoms. The van der Waals surface area contributed by atoms with Crippen LogP contribution in [0.4, 0.5) is 4.39 Å². The number of hydrogen-bond donors (Lipinski definition) is 0. The summed E-state index contributed by atoms with van der Waals surface area (Å²) >= 11 is 12.3. The lowest BCUT2D eigenvalue weighted by molar-refractivity contribution is 0.257. The molecule has 1 heterocycles. The molecule has 5 heteroatoms. The van der Waals surface area contributed by atoms with Gasteiger partial charge in [-0.05, 0) is 31.7 Å². The lowest BCUT2D eigenvalue weighted by atomic mass is 9.85. The number of fused-ring (bicyclic) bond motifs is 1. The second-order valence-electron chi connectivity index (χ2n) is 6.04. The van der Waals surface area contributed by atoms with Crippen LogP contribution in [0.5, 0.6) is 0 Å². The predicted molar refractivity (Wildman–Crippen MR) is 85.6 cm³/mol. The molecule has 3 atom stereocenters. The maximum atomic E-state index is 13.7. The Morgan fingerprint density at radius 2 is 2.05 bits per heavy atom. The summed E-state index contributed by atoms with van der Waals surface area (Å²) in [5.74, 6) is 0.945. The molecule has 1 aromatic heterocycles. The molecule has 1 fully saturated rings. The zero-order valence-electron chi connectivity index (χ0n) is 12.2. The molecule has 1 aromatic carbocycles. The quantitative estimate of drug-likeness (QED) is 0.629. The van der Waals surface area contributed by atoms with Gasteiger partial charge in [0.25, 0.3) is 0 Å². The van der Waals surface area contributed by atoms with Crippen molar-refractivity contribution in [3.05, 3.63) is 28.8 Å². The molecular formula is C16H19Cl2FN2. The van der Waals surface area contributed by atoms with Gasteiger partial charge in [0.1, 0.15) is 11.6 Å². The molecule has 2 aromatic rings. The summed E-state index contributed by atoms with van der Waals surface area (Å²) in [4.78, 5) is 4.56. The Morgan fingerprint density at radius 1 is 1.33 bits per heavy atom. The zero-order valence-corrected chi connectivity index (χ0v) is 13.8. The van der Waals surface area contributed by atoms with E-state index in [4.69, 9.17) is 23.2 Å². The Bertz CT molecular complexity index is 666. The van der Waals surface area contributed by atoms with Gasteiger partial charge in [-0.3, -0.25) is 0 Å². The smallest absolute Gasteiger partial charge is 0.144 e. The van der Waals surface area contributed by atoms with Crippen LogP contribution < -0.4 is 0 Å². The molecule has 0 aliphatic heterocycles. The number of benzene rings is 1. The number of rotatable bonds is 2. The summed E-state index contributed by atoms with van der Waals surface area (Å²) in [6, 6.07) is 3.45. The average molecular weight is 329 g/mol. The first-order valence-electron chi connectivity index (χ1n) is 7.50. The number of halogens is 3. The number of aromatic nitrogens is 2. The maximum absolute atomic E-state index is 13.7. The van der Waals surface area contributed by atoms with Crippen LogP contribution >= 0.6 is 23.2 Å². The second-order valence-corrected chi connectivity index (χ2v) is 7.10. The minimum Gasteiger partial charge on any atom is -0.323 e. The SMILES string of the molecule is CC(Cl)c1nc2cc(F)c(Cl)cc2n1C1CCCCC1C. The Hall–Kier alpha value is -0.800. The van der Waals surface area contributed by atoms with E-state index in [9.17, 15) is 4.39 Å².